The molecule has 0 aromatic heterocycles. The zero-order valence-electron chi connectivity index (χ0n) is 23.0. The van der Waals surface area contributed by atoms with Crippen LogP contribution in [0.3, 0.4) is 0 Å². The number of halogens is 2. The van der Waals surface area contributed by atoms with Crippen LogP contribution in [-0.2, 0) is 26.1 Å². The van der Waals surface area contributed by atoms with E-state index in [1.807, 2.05) is 0 Å². The Morgan fingerprint density at radius 2 is 1.55 bits per heavy atom. The Bertz CT molecular complexity index is 1790. The molecule has 0 atom stereocenters. The zero-order chi connectivity index (χ0) is 30.7. The minimum Gasteiger partial charge on any atom is -0.459 e. The minimum absolute atomic E-state index is 0.109. The molecular formula is C31H27Cl2N3O5S. The van der Waals surface area contributed by atoms with Crippen molar-refractivity contribution in [1.29, 1.82) is 5.26 Å². The second kappa shape index (κ2) is 12.4. The van der Waals surface area contributed by atoms with E-state index < -0.39 is 28.1 Å². The van der Waals surface area contributed by atoms with Crippen LogP contribution in [0, 0.1) is 11.3 Å². The van der Waals surface area contributed by atoms with E-state index >= 15 is 0 Å². The maximum atomic E-state index is 14.0. The molecule has 0 aliphatic heterocycles. The van der Waals surface area contributed by atoms with Gasteiger partial charge in [0.15, 0.2) is 0 Å². The number of hydrogen-bond donors (Lipinski definition) is 1. The van der Waals surface area contributed by atoms with Crippen molar-refractivity contribution in [2.24, 2.45) is 0 Å². The molecule has 4 aromatic carbocycles. The lowest BCUT2D eigenvalue weighted by Crippen LogP contribution is -2.39. The van der Waals surface area contributed by atoms with Crippen molar-refractivity contribution in [1.82, 2.24) is 5.32 Å². The number of sulfonamides is 1. The first-order valence-electron chi connectivity index (χ1n) is 12.8. The minimum atomic E-state index is -4.39. The molecule has 4 rings (SSSR count). The summed E-state index contributed by atoms with van der Waals surface area (Å²) in [6, 6.07) is 22.6. The van der Waals surface area contributed by atoms with Crippen LogP contribution in [0.2, 0.25) is 10.0 Å². The highest BCUT2D eigenvalue weighted by molar-refractivity contribution is 7.93. The topological polar surface area (TPSA) is 117 Å². The van der Waals surface area contributed by atoms with Gasteiger partial charge in [-0.3, -0.25) is 13.9 Å². The summed E-state index contributed by atoms with van der Waals surface area (Å²) >= 11 is 12.2. The summed E-state index contributed by atoms with van der Waals surface area (Å²) in [7, 11) is -4.39. The molecule has 1 amide bonds. The molecular weight excluding hydrogens is 597 g/mol. The lowest BCUT2D eigenvalue weighted by molar-refractivity contribution is -0.152. The summed E-state index contributed by atoms with van der Waals surface area (Å²) in [6.45, 7) is 4.62. The Kier molecular flexibility index (Phi) is 9.12. The van der Waals surface area contributed by atoms with E-state index in [9.17, 15) is 18.0 Å². The normalized spacial score (nSPS) is 11.5. The summed E-state index contributed by atoms with van der Waals surface area (Å²) in [5.41, 5.74) is 0.931. The van der Waals surface area contributed by atoms with Gasteiger partial charge in [-0.05, 0) is 74.2 Å². The van der Waals surface area contributed by atoms with Gasteiger partial charge in [-0.2, -0.15) is 5.26 Å². The van der Waals surface area contributed by atoms with Gasteiger partial charge in [0.1, 0.15) is 12.1 Å². The van der Waals surface area contributed by atoms with Crippen LogP contribution in [0.15, 0.2) is 83.8 Å². The monoisotopic (exact) mass is 623 g/mol. The summed E-state index contributed by atoms with van der Waals surface area (Å²) in [6.07, 6.45) is 0. The number of nitriles is 1. The highest BCUT2D eigenvalue weighted by Gasteiger charge is 2.31. The van der Waals surface area contributed by atoms with Gasteiger partial charge < -0.3 is 10.1 Å². The molecule has 0 radical (unpaired) electrons. The van der Waals surface area contributed by atoms with E-state index in [1.165, 1.54) is 18.2 Å². The molecule has 1 N–H and O–H groups in total. The van der Waals surface area contributed by atoms with Crippen LogP contribution in [0.25, 0.3) is 10.8 Å². The van der Waals surface area contributed by atoms with Crippen molar-refractivity contribution >= 4 is 61.6 Å². The van der Waals surface area contributed by atoms with Gasteiger partial charge in [0, 0.05) is 27.5 Å². The van der Waals surface area contributed by atoms with Gasteiger partial charge in [-0.25, -0.2) is 8.42 Å². The van der Waals surface area contributed by atoms with Gasteiger partial charge in [0.25, 0.3) is 15.9 Å². The van der Waals surface area contributed by atoms with Crippen molar-refractivity contribution < 1.29 is 22.7 Å². The first-order chi connectivity index (χ1) is 19.8. The number of anilines is 1. The number of rotatable bonds is 8. The van der Waals surface area contributed by atoms with E-state index in [1.54, 1.807) is 81.4 Å². The molecule has 4 aromatic rings. The number of benzene rings is 4. The lowest BCUT2D eigenvalue weighted by Gasteiger charge is -2.27. The second-order valence-corrected chi connectivity index (χ2v) is 13.1. The van der Waals surface area contributed by atoms with Crippen LogP contribution in [-0.4, -0.2) is 32.4 Å². The summed E-state index contributed by atoms with van der Waals surface area (Å²) < 4.78 is 34.4. The molecule has 42 heavy (non-hydrogen) atoms. The molecule has 8 nitrogen and oxygen atoms in total. The first kappa shape index (κ1) is 30.8. The fraction of sp³-hybridized carbons (Fsp3) is 0.194. The van der Waals surface area contributed by atoms with Crippen LogP contribution in [0.1, 0.15) is 42.3 Å². The number of nitrogens with zero attached hydrogens (tertiary/aromatic N) is 2. The molecule has 11 heteroatoms. The number of amides is 1. The van der Waals surface area contributed by atoms with Gasteiger partial charge in [0.05, 0.1) is 22.2 Å². The third-order valence-electron chi connectivity index (χ3n) is 6.07. The van der Waals surface area contributed by atoms with Crippen LogP contribution >= 0.6 is 23.2 Å². The van der Waals surface area contributed by atoms with E-state index in [4.69, 9.17) is 33.2 Å². The fourth-order valence-electron chi connectivity index (χ4n) is 4.28. The molecule has 0 saturated heterocycles. The molecule has 0 bridgehead atoms. The molecule has 216 valence electrons. The Morgan fingerprint density at radius 3 is 2.17 bits per heavy atom. The van der Waals surface area contributed by atoms with Crippen LogP contribution in [0.4, 0.5) is 5.69 Å². The molecule has 0 aliphatic rings. The smallest absolute Gasteiger partial charge is 0.327 e. The molecule has 0 saturated carbocycles. The van der Waals surface area contributed by atoms with Crippen molar-refractivity contribution in [2.45, 2.75) is 37.8 Å². The first-order valence-corrected chi connectivity index (χ1v) is 15.0. The average molecular weight is 625 g/mol. The largest absolute Gasteiger partial charge is 0.459 e. The number of carbonyl (C=O) groups is 2. The Hall–Kier alpha value is -4.10. The summed E-state index contributed by atoms with van der Waals surface area (Å²) in [5.74, 6) is -1.15. The van der Waals surface area contributed by atoms with Crippen molar-refractivity contribution in [3.8, 4) is 6.07 Å². The van der Waals surface area contributed by atoms with E-state index in [2.05, 4.69) is 11.4 Å². The predicted molar refractivity (Wildman–Crippen MR) is 163 cm³/mol. The second-order valence-electron chi connectivity index (χ2n) is 10.4. The predicted octanol–water partition coefficient (Wildman–Crippen LogP) is 6.49. The average Bonchev–Trinajstić information content (AvgIpc) is 2.93. The third kappa shape index (κ3) is 7.21. The van der Waals surface area contributed by atoms with Gasteiger partial charge in [-0.1, -0.05) is 59.6 Å². The Labute approximate surface area is 254 Å². The van der Waals surface area contributed by atoms with E-state index in [0.717, 1.165) is 9.87 Å². The summed E-state index contributed by atoms with van der Waals surface area (Å²) in [4.78, 5) is 26.0. The number of esters is 1. The number of nitrogens with one attached hydrogen (secondary N) is 1. The fourth-order valence-corrected chi connectivity index (χ4v) is 6.43. The highest BCUT2D eigenvalue weighted by atomic mass is 35.5. The van der Waals surface area contributed by atoms with Crippen molar-refractivity contribution in [3.63, 3.8) is 0 Å². The maximum absolute atomic E-state index is 14.0. The third-order valence-corrected chi connectivity index (χ3v) is 8.24. The molecule has 0 spiro atoms. The molecule has 0 fully saturated rings. The van der Waals surface area contributed by atoms with Gasteiger partial charge in [0.2, 0.25) is 0 Å². The SMILES string of the molecule is CC(C)(C)OC(=O)CN(c1cccc2c(C(=O)NCc3ccc(C#N)cc3)cccc12)S(=O)(=O)c1cc(Cl)cc(Cl)c1. The zero-order valence-corrected chi connectivity index (χ0v) is 25.3. The maximum Gasteiger partial charge on any atom is 0.327 e. The molecule has 0 unspecified atom stereocenters. The van der Waals surface area contributed by atoms with Crippen molar-refractivity contribution in [2.75, 3.05) is 10.8 Å². The van der Waals surface area contributed by atoms with E-state index in [-0.39, 0.29) is 33.1 Å². The number of carbonyl (C=O) groups excluding carboxylic acids is 2. The number of ether oxygens (including phenoxy) is 1. The van der Waals surface area contributed by atoms with Crippen LogP contribution < -0.4 is 9.62 Å². The molecule has 0 heterocycles. The van der Waals surface area contributed by atoms with Gasteiger partial charge in [-0.15, -0.1) is 0 Å². The number of hydrogen-bond acceptors (Lipinski definition) is 6. The van der Waals surface area contributed by atoms with Gasteiger partial charge >= 0.3 is 5.97 Å². The van der Waals surface area contributed by atoms with Crippen molar-refractivity contribution in [3.05, 3.63) is 106 Å². The standard InChI is InChI=1S/C31H27Cl2N3O5S/c1-31(2,3)41-29(37)19-36(42(39,40)24-15-22(32)14-23(33)16-24)28-9-5-6-25-26(28)7-4-8-27(25)30(38)35-18-21-12-10-20(17-34)11-13-21/h4-16H,18-19H2,1-3H3,(H,35,38). The number of fused-ring (bicyclic) bond motifs is 1. The molecule has 0 aliphatic carbocycles. The van der Waals surface area contributed by atoms with E-state index in [0.29, 0.717) is 21.9 Å². The Balaban J connectivity index is 1.77. The summed E-state index contributed by atoms with van der Waals surface area (Å²) in [5, 5.41) is 13.0. The lowest BCUT2D eigenvalue weighted by atomic mass is 10.0. The highest BCUT2D eigenvalue weighted by Crippen LogP contribution is 2.34. The Morgan fingerprint density at radius 1 is 0.929 bits per heavy atom. The quantitative estimate of drug-likeness (QED) is 0.224. The van der Waals surface area contributed by atoms with Crippen LogP contribution in [0.5, 0.6) is 0 Å².